The molecule has 0 radical (unpaired) electrons. The molecule has 1 fully saturated rings. The molecule has 0 saturated carbocycles. The largest absolute Gasteiger partial charge is 0.459 e. The summed E-state index contributed by atoms with van der Waals surface area (Å²) in [4.78, 5) is 30.3. The van der Waals surface area contributed by atoms with E-state index in [4.69, 9.17) is 4.42 Å². The lowest BCUT2D eigenvalue weighted by molar-refractivity contribution is -0.126. The predicted molar refractivity (Wildman–Crippen MR) is 87.2 cm³/mol. The van der Waals surface area contributed by atoms with Crippen molar-refractivity contribution in [2.75, 3.05) is 19.6 Å². The maximum Gasteiger partial charge on any atom is 0.289 e. The Morgan fingerprint density at radius 1 is 1.42 bits per heavy atom. The molecule has 1 aliphatic heterocycles. The molecule has 0 bridgehead atoms. The molecule has 0 aliphatic carbocycles. The van der Waals surface area contributed by atoms with Gasteiger partial charge in [0.15, 0.2) is 5.76 Å². The molecule has 1 saturated heterocycles. The molecular weight excluding hydrogens is 308 g/mol. The van der Waals surface area contributed by atoms with Crippen molar-refractivity contribution in [3.8, 4) is 0 Å². The molecular formula is C17H22N4O3. The van der Waals surface area contributed by atoms with Gasteiger partial charge < -0.3 is 19.2 Å². The monoisotopic (exact) mass is 330 g/mol. The third kappa shape index (κ3) is 4.04. The van der Waals surface area contributed by atoms with E-state index in [1.54, 1.807) is 29.6 Å². The molecule has 24 heavy (non-hydrogen) atoms. The highest BCUT2D eigenvalue weighted by Crippen LogP contribution is 2.19. The van der Waals surface area contributed by atoms with Gasteiger partial charge in [0.2, 0.25) is 5.91 Å². The number of amides is 2. The van der Waals surface area contributed by atoms with E-state index in [0.29, 0.717) is 25.4 Å². The first-order chi connectivity index (χ1) is 11.7. The summed E-state index contributed by atoms with van der Waals surface area (Å²) in [5.41, 5.74) is 0. The number of nitrogens with zero attached hydrogens (tertiary/aromatic N) is 3. The number of likely N-dealkylation sites (tertiary alicyclic amines) is 1. The van der Waals surface area contributed by atoms with E-state index in [0.717, 1.165) is 25.8 Å². The van der Waals surface area contributed by atoms with Crippen LogP contribution < -0.4 is 5.32 Å². The van der Waals surface area contributed by atoms with Crippen molar-refractivity contribution in [1.29, 1.82) is 0 Å². The van der Waals surface area contributed by atoms with Gasteiger partial charge in [0.1, 0.15) is 0 Å². The van der Waals surface area contributed by atoms with Gasteiger partial charge in [-0.1, -0.05) is 0 Å². The van der Waals surface area contributed by atoms with Gasteiger partial charge in [0.05, 0.1) is 18.5 Å². The normalized spacial score (nSPS) is 17.7. The van der Waals surface area contributed by atoms with E-state index in [-0.39, 0.29) is 17.7 Å². The summed E-state index contributed by atoms with van der Waals surface area (Å²) < 4.78 is 7.14. The zero-order chi connectivity index (χ0) is 16.8. The first kappa shape index (κ1) is 16.3. The number of rotatable bonds is 6. The lowest BCUT2D eigenvalue weighted by Gasteiger charge is -2.31. The van der Waals surface area contributed by atoms with Crippen LogP contribution in [0.25, 0.3) is 0 Å². The minimum atomic E-state index is -0.147. The molecule has 1 aliphatic rings. The zero-order valence-corrected chi connectivity index (χ0v) is 13.6. The first-order valence-electron chi connectivity index (χ1n) is 8.30. The molecule has 3 heterocycles. The Kier molecular flexibility index (Phi) is 5.30. The smallest absolute Gasteiger partial charge is 0.289 e. The van der Waals surface area contributed by atoms with Gasteiger partial charge in [-0.3, -0.25) is 9.59 Å². The molecule has 2 aromatic heterocycles. The summed E-state index contributed by atoms with van der Waals surface area (Å²) in [5.74, 6) is 0.0671. The Balaban J connectivity index is 1.43. The fourth-order valence-electron chi connectivity index (χ4n) is 2.97. The average Bonchev–Trinajstić information content (AvgIpc) is 3.31. The van der Waals surface area contributed by atoms with Crippen LogP contribution in [0, 0.1) is 5.92 Å². The number of piperidine rings is 1. The standard InChI is InChI=1S/C17H22N4O3/c22-16(19-6-3-8-20-10-7-18-13-20)14-4-1-9-21(12-14)17(23)15-5-2-11-24-15/h2,5,7,10-11,13-14H,1,3-4,6,8-9,12H2,(H,19,22). The van der Waals surface area contributed by atoms with E-state index in [1.165, 1.54) is 6.26 Å². The summed E-state index contributed by atoms with van der Waals surface area (Å²) in [6.07, 6.45) is 9.40. The third-order valence-electron chi connectivity index (χ3n) is 4.26. The van der Waals surface area contributed by atoms with Gasteiger partial charge in [-0.25, -0.2) is 4.98 Å². The molecule has 7 nitrogen and oxygen atoms in total. The van der Waals surface area contributed by atoms with Crippen LogP contribution in [0.4, 0.5) is 0 Å². The fourth-order valence-corrected chi connectivity index (χ4v) is 2.97. The molecule has 1 atom stereocenters. The van der Waals surface area contributed by atoms with Crippen LogP contribution in [0.3, 0.4) is 0 Å². The molecule has 1 N–H and O–H groups in total. The lowest BCUT2D eigenvalue weighted by Crippen LogP contribution is -2.45. The number of aryl methyl sites for hydroxylation is 1. The predicted octanol–water partition coefficient (Wildman–Crippen LogP) is 1.53. The number of hydrogen-bond acceptors (Lipinski definition) is 4. The number of imidazole rings is 1. The second-order valence-electron chi connectivity index (χ2n) is 6.01. The second-order valence-corrected chi connectivity index (χ2v) is 6.01. The van der Waals surface area contributed by atoms with Crippen LogP contribution in [0.15, 0.2) is 41.5 Å². The summed E-state index contributed by atoms with van der Waals surface area (Å²) in [6.45, 7) is 2.57. The maximum atomic E-state index is 12.3. The summed E-state index contributed by atoms with van der Waals surface area (Å²) in [5, 5.41) is 2.97. The summed E-state index contributed by atoms with van der Waals surface area (Å²) in [6, 6.07) is 3.35. The van der Waals surface area contributed by atoms with E-state index in [1.807, 2.05) is 10.8 Å². The third-order valence-corrected chi connectivity index (χ3v) is 4.26. The van der Waals surface area contributed by atoms with Crippen LogP contribution >= 0.6 is 0 Å². The van der Waals surface area contributed by atoms with Crippen LogP contribution in [-0.2, 0) is 11.3 Å². The quantitative estimate of drug-likeness (QED) is 0.815. The van der Waals surface area contributed by atoms with Gasteiger partial charge in [-0.15, -0.1) is 0 Å². The van der Waals surface area contributed by atoms with Crippen molar-refractivity contribution in [3.05, 3.63) is 42.9 Å². The lowest BCUT2D eigenvalue weighted by atomic mass is 9.97. The number of furan rings is 1. The Hall–Kier alpha value is -2.57. The van der Waals surface area contributed by atoms with Crippen molar-refractivity contribution in [3.63, 3.8) is 0 Å². The number of hydrogen-bond donors (Lipinski definition) is 1. The van der Waals surface area contributed by atoms with Crippen LogP contribution in [0.5, 0.6) is 0 Å². The number of carbonyl (C=O) groups excluding carboxylic acids is 2. The molecule has 2 amide bonds. The number of aromatic nitrogens is 2. The van der Waals surface area contributed by atoms with Crippen molar-refractivity contribution < 1.29 is 14.0 Å². The highest BCUT2D eigenvalue weighted by atomic mass is 16.3. The van der Waals surface area contributed by atoms with E-state index < -0.39 is 0 Å². The molecule has 2 aromatic rings. The summed E-state index contributed by atoms with van der Waals surface area (Å²) in [7, 11) is 0. The topological polar surface area (TPSA) is 80.4 Å². The minimum absolute atomic E-state index is 0.0255. The van der Waals surface area contributed by atoms with Crippen molar-refractivity contribution >= 4 is 11.8 Å². The van der Waals surface area contributed by atoms with Crippen LogP contribution in [0.1, 0.15) is 29.8 Å². The summed E-state index contributed by atoms with van der Waals surface area (Å²) >= 11 is 0. The van der Waals surface area contributed by atoms with Crippen LogP contribution in [-0.4, -0.2) is 45.9 Å². The zero-order valence-electron chi connectivity index (χ0n) is 13.6. The second kappa shape index (κ2) is 7.81. The van der Waals surface area contributed by atoms with E-state index in [2.05, 4.69) is 10.3 Å². The van der Waals surface area contributed by atoms with Gasteiger partial charge in [0, 0.05) is 38.6 Å². The average molecular weight is 330 g/mol. The highest BCUT2D eigenvalue weighted by Gasteiger charge is 2.29. The number of nitrogens with one attached hydrogen (secondary N) is 1. The van der Waals surface area contributed by atoms with E-state index in [9.17, 15) is 9.59 Å². The van der Waals surface area contributed by atoms with Crippen LogP contribution in [0.2, 0.25) is 0 Å². The Morgan fingerprint density at radius 2 is 2.33 bits per heavy atom. The molecule has 1 unspecified atom stereocenters. The molecule has 0 aromatic carbocycles. The molecule has 128 valence electrons. The van der Waals surface area contributed by atoms with Gasteiger partial charge >= 0.3 is 0 Å². The Labute approximate surface area is 140 Å². The minimum Gasteiger partial charge on any atom is -0.459 e. The van der Waals surface area contributed by atoms with Gasteiger partial charge in [0.25, 0.3) is 5.91 Å². The fraction of sp³-hybridized carbons (Fsp3) is 0.471. The maximum absolute atomic E-state index is 12.3. The van der Waals surface area contributed by atoms with E-state index >= 15 is 0 Å². The van der Waals surface area contributed by atoms with Crippen molar-refractivity contribution in [2.45, 2.75) is 25.8 Å². The molecule has 0 spiro atoms. The molecule has 7 heteroatoms. The van der Waals surface area contributed by atoms with Gasteiger partial charge in [-0.05, 0) is 31.4 Å². The molecule has 3 rings (SSSR count). The number of carbonyl (C=O) groups is 2. The van der Waals surface area contributed by atoms with Crippen molar-refractivity contribution in [2.24, 2.45) is 5.92 Å². The van der Waals surface area contributed by atoms with Crippen molar-refractivity contribution in [1.82, 2.24) is 19.8 Å². The van der Waals surface area contributed by atoms with Gasteiger partial charge in [-0.2, -0.15) is 0 Å². The Morgan fingerprint density at radius 3 is 3.08 bits per heavy atom. The SMILES string of the molecule is O=C(NCCCn1ccnc1)C1CCCN(C(=O)c2ccco2)C1. The highest BCUT2D eigenvalue weighted by molar-refractivity contribution is 5.92. The Bertz CT molecular complexity index is 651. The first-order valence-corrected chi connectivity index (χ1v) is 8.30.